The lowest BCUT2D eigenvalue weighted by molar-refractivity contribution is -0.384. The fraction of sp³-hybridized carbons (Fsp3) is 0.387. The van der Waals surface area contributed by atoms with Crippen LogP contribution < -0.4 is 4.90 Å². The summed E-state index contributed by atoms with van der Waals surface area (Å²) < 4.78 is 60.2. The maximum Gasteiger partial charge on any atom is 0.290 e. The summed E-state index contributed by atoms with van der Waals surface area (Å²) in [5, 5.41) is 12.3. The molecule has 1 fully saturated rings. The van der Waals surface area contributed by atoms with Crippen molar-refractivity contribution in [2.45, 2.75) is 56.4 Å². The van der Waals surface area contributed by atoms with Gasteiger partial charge in [0.05, 0.1) is 20.1 Å². The van der Waals surface area contributed by atoms with E-state index in [4.69, 9.17) is 8.74 Å². The molecule has 3 aromatic carbocycles. The number of hydrogen-bond donors (Lipinski definition) is 0. The minimum absolute atomic E-state index is 0.136. The Morgan fingerprint density at radius 3 is 2.11 bits per heavy atom. The number of nitro benzene ring substituents is 1. The van der Waals surface area contributed by atoms with Crippen LogP contribution >= 0.6 is 11.5 Å². The first kappa shape index (κ1) is 32.9. The predicted molar refractivity (Wildman–Crippen MR) is 179 cm³/mol. The smallest absolute Gasteiger partial charge is 0.290 e. The summed E-state index contributed by atoms with van der Waals surface area (Å²) in [5.41, 5.74) is -1.09. The molecule has 0 bridgehead atoms. The lowest BCUT2D eigenvalue weighted by Gasteiger charge is -2.40. The maximum atomic E-state index is 14.3. The summed E-state index contributed by atoms with van der Waals surface area (Å²) in [6.45, 7) is 12.2. The fourth-order valence-electron chi connectivity index (χ4n) is 5.83. The molecule has 1 aliphatic rings. The number of rotatable bonds is 8. The highest BCUT2D eigenvalue weighted by Crippen LogP contribution is 2.37. The molecule has 1 saturated heterocycles. The molecule has 45 heavy (non-hydrogen) atoms. The average Bonchev–Trinajstić information content (AvgIpc) is 3.40. The zero-order chi connectivity index (χ0) is 32.6. The Bertz CT molecular complexity index is 1940. The first-order chi connectivity index (χ1) is 21.1. The average molecular weight is 673 g/mol. The van der Waals surface area contributed by atoms with Crippen molar-refractivity contribution in [3.05, 3.63) is 88.7 Å². The van der Waals surface area contributed by atoms with Crippen LogP contribution in [0.2, 0.25) is 0 Å². The van der Waals surface area contributed by atoms with E-state index in [1.807, 2.05) is 42.4 Å². The number of halogens is 1. The van der Waals surface area contributed by atoms with Crippen LogP contribution in [0.4, 0.5) is 15.9 Å². The van der Waals surface area contributed by atoms with Gasteiger partial charge in [-0.15, -0.1) is 3.77 Å². The molecule has 1 aromatic heterocycles. The van der Waals surface area contributed by atoms with Crippen LogP contribution in [-0.2, 0) is 19.8 Å². The maximum absolute atomic E-state index is 14.3. The molecule has 0 amide bonds. The van der Waals surface area contributed by atoms with Crippen molar-refractivity contribution in [1.29, 1.82) is 0 Å². The van der Waals surface area contributed by atoms with Gasteiger partial charge in [0.1, 0.15) is 11.6 Å². The Morgan fingerprint density at radius 2 is 1.51 bits per heavy atom. The van der Waals surface area contributed by atoms with Gasteiger partial charge in [0.25, 0.3) is 15.7 Å². The SMILES string of the molecule is CC(C)(C)CC(C)(C)N=S(=NS(=O)(=O)c1ccc([N+](=O)[O-])cc1)(c1ccc(F)cc1)N1CCN(c2nsc3ccccc23)CC1. The van der Waals surface area contributed by atoms with E-state index in [0.29, 0.717) is 37.5 Å². The molecule has 1 atom stereocenters. The summed E-state index contributed by atoms with van der Waals surface area (Å²) in [7, 11) is -7.42. The molecule has 240 valence electrons. The van der Waals surface area contributed by atoms with Crippen LogP contribution in [0.15, 0.2) is 90.7 Å². The Hall–Kier alpha value is -3.46. The van der Waals surface area contributed by atoms with Gasteiger partial charge in [-0.25, -0.2) is 13.1 Å². The number of nitrogens with zero attached hydrogens (tertiary/aromatic N) is 6. The first-order valence-corrected chi connectivity index (χ1v) is 18.2. The molecule has 14 heteroatoms. The number of nitro groups is 1. The van der Waals surface area contributed by atoms with E-state index in [1.165, 1.54) is 35.8 Å². The van der Waals surface area contributed by atoms with Crippen LogP contribution in [0.3, 0.4) is 0 Å². The number of piperazine rings is 1. The normalized spacial score (nSPS) is 16.4. The van der Waals surface area contributed by atoms with E-state index >= 15 is 0 Å². The van der Waals surface area contributed by atoms with E-state index in [-0.39, 0.29) is 16.0 Å². The van der Waals surface area contributed by atoms with Gasteiger partial charge < -0.3 is 4.90 Å². The molecule has 0 radical (unpaired) electrons. The number of hydrogen-bond acceptors (Lipinski definition) is 8. The van der Waals surface area contributed by atoms with Crippen LogP contribution in [0, 0.1) is 21.3 Å². The topological polar surface area (TPSA) is 121 Å². The van der Waals surface area contributed by atoms with E-state index < -0.39 is 36.1 Å². The lowest BCUT2D eigenvalue weighted by Crippen LogP contribution is -2.49. The van der Waals surface area contributed by atoms with E-state index in [1.54, 1.807) is 12.1 Å². The molecule has 4 aromatic rings. The monoisotopic (exact) mass is 672 g/mol. The van der Waals surface area contributed by atoms with Crippen LogP contribution in [0.5, 0.6) is 0 Å². The first-order valence-electron chi connectivity index (χ1n) is 14.5. The van der Waals surface area contributed by atoms with Gasteiger partial charge in [-0.05, 0) is 85.7 Å². The largest absolute Gasteiger partial charge is 0.353 e. The number of sulfonamides is 1. The number of anilines is 1. The second-order valence-corrected chi connectivity index (χ2v) is 17.9. The molecule has 5 rings (SSSR count). The van der Waals surface area contributed by atoms with Crippen molar-refractivity contribution in [3.8, 4) is 0 Å². The fourth-order valence-corrected chi connectivity index (χ4v) is 11.8. The Balaban J connectivity index is 1.69. The van der Waals surface area contributed by atoms with E-state index in [0.717, 1.165) is 28.0 Å². The molecule has 2 heterocycles. The van der Waals surface area contributed by atoms with Gasteiger partial charge in [-0.1, -0.05) is 32.9 Å². The van der Waals surface area contributed by atoms with Gasteiger partial charge in [-0.2, -0.15) is 12.8 Å². The molecule has 0 aliphatic carbocycles. The summed E-state index contributed by atoms with van der Waals surface area (Å²) >= 11 is 1.44. The van der Waals surface area contributed by atoms with Crippen molar-refractivity contribution in [2.75, 3.05) is 31.1 Å². The molecule has 1 unspecified atom stereocenters. The molecular formula is C31H37FN6O4S3. The Morgan fingerprint density at radius 1 is 0.911 bits per heavy atom. The Labute approximate surface area is 268 Å². The highest BCUT2D eigenvalue weighted by molar-refractivity contribution is 8.03. The minimum atomic E-state index is -4.38. The zero-order valence-electron chi connectivity index (χ0n) is 25.9. The van der Waals surface area contributed by atoms with Crippen molar-refractivity contribution in [2.24, 2.45) is 13.5 Å². The molecule has 0 saturated carbocycles. The summed E-state index contributed by atoms with van der Waals surface area (Å²) in [5.74, 6) is 0.428. The van der Waals surface area contributed by atoms with Crippen molar-refractivity contribution < 1.29 is 17.7 Å². The number of benzene rings is 3. The number of fused-ring (bicyclic) bond motifs is 1. The summed E-state index contributed by atoms with van der Waals surface area (Å²) in [6.07, 6.45) is 0.633. The number of aromatic nitrogens is 1. The van der Waals surface area contributed by atoms with Crippen molar-refractivity contribution in [1.82, 2.24) is 8.68 Å². The lowest BCUT2D eigenvalue weighted by atomic mass is 9.82. The van der Waals surface area contributed by atoms with Crippen LogP contribution in [0.1, 0.15) is 41.0 Å². The third-order valence-corrected chi connectivity index (χ3v) is 13.3. The van der Waals surface area contributed by atoms with Gasteiger partial charge in [0, 0.05) is 58.4 Å². The standard InChI is InChI=1S/C31H37FN6O4S3/c1-30(2,3)22-31(4,5)34-44(25-14-10-23(32)11-15-25,35-45(41,42)26-16-12-24(13-17-26)38(39)40)37-20-18-36(19-21-37)29-27-8-6-7-9-28(27)43-33-29/h6-17H,18-22H2,1-5H3. The van der Waals surface area contributed by atoms with E-state index in [2.05, 4.69) is 29.4 Å². The van der Waals surface area contributed by atoms with Gasteiger partial charge in [0.2, 0.25) is 0 Å². The third-order valence-electron chi connectivity index (χ3n) is 7.27. The highest BCUT2D eigenvalue weighted by atomic mass is 32.3. The summed E-state index contributed by atoms with van der Waals surface area (Å²) in [4.78, 5) is 13.2. The van der Waals surface area contributed by atoms with E-state index in [9.17, 15) is 22.9 Å². The van der Waals surface area contributed by atoms with Gasteiger partial charge in [-0.3, -0.25) is 10.1 Å². The number of non-ortho nitro benzene ring substituents is 1. The summed E-state index contributed by atoms with van der Waals surface area (Å²) in [6, 6.07) is 18.5. The highest BCUT2D eigenvalue weighted by Gasteiger charge is 2.34. The van der Waals surface area contributed by atoms with Crippen LogP contribution in [-0.4, -0.2) is 53.7 Å². The van der Waals surface area contributed by atoms with Crippen LogP contribution in [0.25, 0.3) is 10.1 Å². The second-order valence-electron chi connectivity index (χ2n) is 12.8. The van der Waals surface area contributed by atoms with Crippen molar-refractivity contribution >= 4 is 53.0 Å². The van der Waals surface area contributed by atoms with Crippen molar-refractivity contribution in [3.63, 3.8) is 0 Å². The molecular weight excluding hydrogens is 636 g/mol. The Kier molecular flexibility index (Phi) is 9.06. The molecule has 0 spiro atoms. The molecule has 1 aliphatic heterocycles. The van der Waals surface area contributed by atoms with Gasteiger partial charge >= 0.3 is 0 Å². The minimum Gasteiger partial charge on any atom is -0.353 e. The molecule has 0 N–H and O–H groups in total. The zero-order valence-corrected chi connectivity index (χ0v) is 28.3. The predicted octanol–water partition coefficient (Wildman–Crippen LogP) is 7.56. The molecule has 10 nitrogen and oxygen atoms in total. The van der Waals surface area contributed by atoms with Gasteiger partial charge in [0.15, 0.2) is 0 Å². The quantitative estimate of drug-likeness (QED) is 0.140. The second kappa shape index (κ2) is 12.4. The third kappa shape index (κ3) is 7.35.